The molecule has 2 aromatic carbocycles. The molecule has 0 saturated carbocycles. The molecule has 178 valence electrons. The van der Waals surface area contributed by atoms with E-state index in [4.69, 9.17) is 18.9 Å². The number of phenolic OH excluding ortho intramolecular Hbond substituents is 1. The van der Waals surface area contributed by atoms with Crippen LogP contribution in [0.1, 0.15) is 15.9 Å². The molecule has 0 unspecified atom stereocenters. The zero-order valence-electron chi connectivity index (χ0n) is 18.0. The summed E-state index contributed by atoms with van der Waals surface area (Å²) in [6, 6.07) is 10.2. The van der Waals surface area contributed by atoms with Gasteiger partial charge in [0.25, 0.3) is 0 Å². The van der Waals surface area contributed by atoms with Crippen molar-refractivity contribution in [2.24, 2.45) is 0 Å². The van der Waals surface area contributed by atoms with Crippen molar-refractivity contribution in [1.82, 2.24) is 0 Å². The molecule has 5 atom stereocenters. The number of rotatable bonds is 8. The molecule has 0 bridgehead atoms. The molecule has 0 aliphatic carbocycles. The Morgan fingerprint density at radius 2 is 1.73 bits per heavy atom. The third-order valence-corrected chi connectivity index (χ3v) is 5.17. The van der Waals surface area contributed by atoms with Gasteiger partial charge in [0.15, 0.2) is 17.3 Å². The molecular weight excluding hydrogens is 436 g/mol. The van der Waals surface area contributed by atoms with Gasteiger partial charge in [-0.2, -0.15) is 0 Å². The average molecular weight is 462 g/mol. The highest BCUT2D eigenvalue weighted by Crippen LogP contribution is 2.45. The maximum absolute atomic E-state index is 13.0. The van der Waals surface area contributed by atoms with Crippen LogP contribution >= 0.6 is 0 Å². The number of allylic oxidation sites excluding steroid dienone is 1. The van der Waals surface area contributed by atoms with Gasteiger partial charge in [-0.25, -0.2) is 0 Å². The molecule has 0 spiro atoms. The lowest BCUT2D eigenvalue weighted by atomic mass is 9.99. The van der Waals surface area contributed by atoms with Crippen molar-refractivity contribution in [1.29, 1.82) is 0 Å². The fourth-order valence-corrected chi connectivity index (χ4v) is 3.39. The van der Waals surface area contributed by atoms with Gasteiger partial charge in [0, 0.05) is 6.07 Å². The van der Waals surface area contributed by atoms with Crippen LogP contribution in [0.5, 0.6) is 23.0 Å². The Morgan fingerprint density at radius 1 is 1.03 bits per heavy atom. The topological polar surface area (TPSA) is 155 Å². The van der Waals surface area contributed by atoms with Crippen LogP contribution in [-0.2, 0) is 4.74 Å². The molecule has 2 aromatic rings. The Morgan fingerprint density at radius 3 is 2.33 bits per heavy atom. The minimum atomic E-state index is -1.72. The first-order valence-electron chi connectivity index (χ1n) is 10.0. The zero-order valence-corrected chi connectivity index (χ0v) is 18.0. The molecule has 0 aromatic heterocycles. The lowest BCUT2D eigenvalue weighted by molar-refractivity contribution is -0.277. The highest BCUT2D eigenvalue weighted by atomic mass is 16.7. The van der Waals surface area contributed by atoms with Gasteiger partial charge in [-0.15, -0.1) is 0 Å². The summed E-state index contributed by atoms with van der Waals surface area (Å²) in [5, 5.41) is 50.5. The third kappa shape index (κ3) is 5.10. The molecule has 1 aliphatic rings. The number of phenols is 1. The van der Waals surface area contributed by atoms with Crippen LogP contribution in [0.15, 0.2) is 42.5 Å². The Labute approximate surface area is 189 Å². The van der Waals surface area contributed by atoms with Crippen LogP contribution in [0.4, 0.5) is 0 Å². The van der Waals surface area contributed by atoms with Gasteiger partial charge in [-0.1, -0.05) is 36.4 Å². The Bertz CT molecular complexity index is 988. The summed E-state index contributed by atoms with van der Waals surface area (Å²) >= 11 is 0. The van der Waals surface area contributed by atoms with Gasteiger partial charge >= 0.3 is 0 Å². The van der Waals surface area contributed by atoms with E-state index < -0.39 is 48.8 Å². The fraction of sp³-hybridized carbons (Fsp3) is 0.348. The van der Waals surface area contributed by atoms with Crippen molar-refractivity contribution in [3.8, 4) is 23.0 Å². The zero-order chi connectivity index (χ0) is 24.1. The number of carbonyl (C=O) groups is 1. The van der Waals surface area contributed by atoms with E-state index in [9.17, 15) is 30.3 Å². The SMILES string of the molecule is COc1cc(O[C@@H]2O[C@H](CO)[C@@H](O)[C@H](O)[C@H]2O)c(C(=O)/C=C/c2ccccc2)c(O)c1OC. The van der Waals surface area contributed by atoms with Crippen molar-refractivity contribution in [2.45, 2.75) is 30.7 Å². The highest BCUT2D eigenvalue weighted by Gasteiger charge is 2.45. The second kappa shape index (κ2) is 10.6. The van der Waals surface area contributed by atoms with E-state index in [-0.39, 0.29) is 22.8 Å². The van der Waals surface area contributed by atoms with E-state index in [0.717, 1.165) is 5.56 Å². The van der Waals surface area contributed by atoms with Gasteiger partial charge in [0.1, 0.15) is 35.7 Å². The van der Waals surface area contributed by atoms with Gasteiger partial charge in [-0.3, -0.25) is 4.79 Å². The predicted octanol–water partition coefficient (Wildman–Crippen LogP) is 0.484. The molecule has 33 heavy (non-hydrogen) atoms. The molecule has 10 heteroatoms. The predicted molar refractivity (Wildman–Crippen MR) is 115 cm³/mol. The molecule has 1 heterocycles. The Kier molecular flexibility index (Phi) is 7.90. The summed E-state index contributed by atoms with van der Waals surface area (Å²) in [7, 11) is 2.59. The van der Waals surface area contributed by atoms with Gasteiger partial charge in [0.05, 0.1) is 20.8 Å². The molecular formula is C23H26O10. The molecule has 3 rings (SSSR count). The average Bonchev–Trinajstić information content (AvgIpc) is 2.83. The number of aliphatic hydroxyl groups is 4. The van der Waals surface area contributed by atoms with Crippen LogP contribution in [0.25, 0.3) is 6.08 Å². The summed E-state index contributed by atoms with van der Waals surface area (Å²) in [5.41, 5.74) is 0.430. The van der Waals surface area contributed by atoms with Crippen molar-refractivity contribution in [3.05, 3.63) is 53.6 Å². The number of aliphatic hydroxyl groups excluding tert-OH is 4. The first-order valence-corrected chi connectivity index (χ1v) is 10.0. The van der Waals surface area contributed by atoms with E-state index in [1.165, 1.54) is 32.4 Å². The maximum atomic E-state index is 13.0. The first-order chi connectivity index (χ1) is 15.8. The second-order valence-corrected chi connectivity index (χ2v) is 7.26. The van der Waals surface area contributed by atoms with Gasteiger partial charge < -0.3 is 44.5 Å². The number of aromatic hydroxyl groups is 1. The largest absolute Gasteiger partial charge is 0.504 e. The van der Waals surface area contributed by atoms with Crippen molar-refractivity contribution >= 4 is 11.9 Å². The molecule has 1 saturated heterocycles. The lowest BCUT2D eigenvalue weighted by Crippen LogP contribution is -2.60. The van der Waals surface area contributed by atoms with Crippen LogP contribution in [-0.4, -0.2) is 82.8 Å². The summed E-state index contributed by atoms with van der Waals surface area (Å²) in [4.78, 5) is 13.0. The Balaban J connectivity index is 2.02. The van der Waals surface area contributed by atoms with Crippen LogP contribution in [0.3, 0.4) is 0 Å². The van der Waals surface area contributed by atoms with Crippen molar-refractivity contribution in [2.75, 3.05) is 20.8 Å². The molecule has 1 fully saturated rings. The van der Waals surface area contributed by atoms with Gasteiger partial charge in [-0.05, 0) is 11.6 Å². The van der Waals surface area contributed by atoms with Crippen LogP contribution in [0, 0.1) is 0 Å². The minimum absolute atomic E-state index is 0.0261. The number of hydrogen-bond donors (Lipinski definition) is 5. The maximum Gasteiger partial charge on any atom is 0.229 e. The van der Waals surface area contributed by atoms with E-state index >= 15 is 0 Å². The van der Waals surface area contributed by atoms with Crippen LogP contribution in [0.2, 0.25) is 0 Å². The van der Waals surface area contributed by atoms with E-state index in [1.807, 2.05) is 6.07 Å². The quantitative estimate of drug-likeness (QED) is 0.276. The van der Waals surface area contributed by atoms with E-state index in [1.54, 1.807) is 24.3 Å². The lowest BCUT2D eigenvalue weighted by Gasteiger charge is -2.39. The number of benzene rings is 2. The minimum Gasteiger partial charge on any atom is -0.504 e. The summed E-state index contributed by atoms with van der Waals surface area (Å²) < 4.78 is 21.3. The smallest absolute Gasteiger partial charge is 0.229 e. The standard InChI is InChI=1S/C23H26O10/c1-30-15-10-14(32-23-21(29)20(28)18(26)16(11-24)33-23)17(19(27)22(15)31-2)13(25)9-8-12-6-4-3-5-7-12/h3-10,16,18,20-21,23-24,26-29H,11H2,1-2H3/b9-8+/t16-,18-,20+,21-,23-/m1/s1. The normalized spacial score (nSPS) is 25.1. The fourth-order valence-electron chi connectivity index (χ4n) is 3.39. The van der Waals surface area contributed by atoms with Crippen LogP contribution < -0.4 is 14.2 Å². The highest BCUT2D eigenvalue weighted by molar-refractivity contribution is 6.11. The summed E-state index contributed by atoms with van der Waals surface area (Å²) in [6.07, 6.45) is -5.04. The van der Waals surface area contributed by atoms with E-state index in [0.29, 0.717) is 0 Å². The second-order valence-electron chi connectivity index (χ2n) is 7.26. The Hall–Kier alpha value is -3.15. The summed E-state index contributed by atoms with van der Waals surface area (Å²) in [6.45, 7) is -0.659. The summed E-state index contributed by atoms with van der Waals surface area (Å²) in [5.74, 6) is -1.55. The number of ketones is 1. The number of methoxy groups -OCH3 is 2. The number of carbonyl (C=O) groups excluding carboxylic acids is 1. The molecule has 5 N–H and O–H groups in total. The van der Waals surface area contributed by atoms with Crippen molar-refractivity contribution < 1.29 is 49.3 Å². The molecule has 10 nitrogen and oxygen atoms in total. The third-order valence-electron chi connectivity index (χ3n) is 5.17. The monoisotopic (exact) mass is 462 g/mol. The molecule has 1 aliphatic heterocycles. The van der Waals surface area contributed by atoms with E-state index in [2.05, 4.69) is 0 Å². The molecule has 0 radical (unpaired) electrons. The first kappa shape index (κ1) is 24.5. The van der Waals surface area contributed by atoms with Crippen molar-refractivity contribution in [3.63, 3.8) is 0 Å². The molecule has 0 amide bonds. The number of ether oxygens (including phenoxy) is 4. The van der Waals surface area contributed by atoms with Gasteiger partial charge in [0.2, 0.25) is 12.0 Å². The number of hydrogen-bond acceptors (Lipinski definition) is 10.